The minimum atomic E-state index is -1.56. The van der Waals surface area contributed by atoms with Crippen LogP contribution in [0.5, 0.6) is 0 Å². The van der Waals surface area contributed by atoms with Crippen LogP contribution >= 0.6 is 0 Å². The lowest BCUT2D eigenvalue weighted by Gasteiger charge is -2.58. The van der Waals surface area contributed by atoms with Gasteiger partial charge in [0.1, 0.15) is 5.60 Å². The number of unbranched alkanes of at least 4 members (excludes halogenated alkanes) is 2. The smallest absolute Gasteiger partial charge is 0.306 e. The molecule has 0 heterocycles. The number of ether oxygens (including phenoxy) is 1. The van der Waals surface area contributed by atoms with E-state index >= 15 is 0 Å². The first-order chi connectivity index (χ1) is 24.8. The van der Waals surface area contributed by atoms with Crippen molar-refractivity contribution in [2.24, 2.45) is 28.6 Å². The number of allylic oxidation sites excluding steroid dienone is 1. The first-order valence-electron chi connectivity index (χ1n) is 19.2. The van der Waals surface area contributed by atoms with Gasteiger partial charge < -0.3 is 25.6 Å². The van der Waals surface area contributed by atoms with Gasteiger partial charge in [-0.05, 0) is 92.6 Å². The predicted octanol–water partition coefficient (Wildman–Crippen LogP) is 5.19. The van der Waals surface area contributed by atoms with Gasteiger partial charge in [-0.3, -0.25) is 28.8 Å². The number of hydrogen-bond donors (Lipinski definition) is 4. The number of Topliss-reactive ketones (excluding diaryl/α,β-unsaturated/α-hetero) is 1. The second-order valence-corrected chi connectivity index (χ2v) is 16.1. The molecule has 4 N–H and O–H groups in total. The van der Waals surface area contributed by atoms with E-state index in [9.17, 15) is 39.0 Å². The zero-order valence-electron chi connectivity index (χ0n) is 30.8. The van der Waals surface area contributed by atoms with E-state index in [1.54, 1.807) is 0 Å². The highest BCUT2D eigenvalue weighted by atomic mass is 16.5. The normalized spacial score (nSPS) is 29.8. The van der Waals surface area contributed by atoms with E-state index in [-0.39, 0.29) is 60.7 Å². The third-order valence-electron chi connectivity index (χ3n) is 13.1. The largest absolute Gasteiger partial charge is 0.481 e. The molecular weight excluding hydrogens is 664 g/mol. The van der Waals surface area contributed by atoms with E-state index in [1.807, 2.05) is 43.3 Å². The van der Waals surface area contributed by atoms with Crippen molar-refractivity contribution in [1.82, 2.24) is 10.6 Å². The number of carboxylic acids is 1. The van der Waals surface area contributed by atoms with E-state index in [0.717, 1.165) is 37.7 Å². The highest BCUT2D eigenvalue weighted by Crippen LogP contribution is 2.67. The molecule has 0 spiro atoms. The molecule has 0 radical (unpaired) electrons. The van der Waals surface area contributed by atoms with Crippen LogP contribution < -0.4 is 10.6 Å². The number of amides is 2. The van der Waals surface area contributed by atoms with Gasteiger partial charge in [0.15, 0.2) is 12.4 Å². The first kappa shape index (κ1) is 39.3. The van der Waals surface area contributed by atoms with Crippen LogP contribution in [0.2, 0.25) is 0 Å². The maximum Gasteiger partial charge on any atom is 0.306 e. The van der Waals surface area contributed by atoms with E-state index in [0.29, 0.717) is 63.3 Å². The van der Waals surface area contributed by atoms with Crippen LogP contribution in [0.15, 0.2) is 42.0 Å². The second kappa shape index (κ2) is 16.9. The molecule has 4 aliphatic carbocycles. The lowest BCUT2D eigenvalue weighted by Crippen LogP contribution is -2.58. The quantitative estimate of drug-likeness (QED) is 0.125. The van der Waals surface area contributed by atoms with Crippen LogP contribution in [-0.4, -0.2) is 70.8 Å². The summed E-state index contributed by atoms with van der Waals surface area (Å²) in [6.07, 6.45) is 9.83. The SMILES string of the molecule is C[C@]12CCC(=O)C=C1CC[C@@H]1C2CC[C@@]2(C)C1CC[C@]2(O)C(=O)COC(=O)CCC(=O)NCCCCCC(=O)NCC(CC(=O)O)c1ccccc1. The van der Waals surface area contributed by atoms with E-state index < -0.39 is 35.3 Å². The molecule has 2 amide bonds. The third kappa shape index (κ3) is 8.67. The number of benzene rings is 1. The summed E-state index contributed by atoms with van der Waals surface area (Å²) in [6.45, 7) is 4.46. The summed E-state index contributed by atoms with van der Waals surface area (Å²) < 4.78 is 5.28. The van der Waals surface area contributed by atoms with Gasteiger partial charge >= 0.3 is 11.9 Å². The number of fused-ring (bicyclic) bond motifs is 5. The van der Waals surface area contributed by atoms with Gasteiger partial charge in [0.25, 0.3) is 0 Å². The van der Waals surface area contributed by atoms with E-state index in [1.165, 1.54) is 5.57 Å². The minimum Gasteiger partial charge on any atom is -0.481 e. The van der Waals surface area contributed by atoms with Gasteiger partial charge in [-0.25, -0.2) is 0 Å². The zero-order chi connectivity index (χ0) is 37.5. The summed E-state index contributed by atoms with van der Waals surface area (Å²) in [5, 5.41) is 26.7. The predicted molar refractivity (Wildman–Crippen MR) is 193 cm³/mol. The number of carbonyl (C=O) groups is 6. The summed E-state index contributed by atoms with van der Waals surface area (Å²) in [7, 11) is 0. The van der Waals surface area contributed by atoms with Crippen LogP contribution in [0.25, 0.3) is 0 Å². The van der Waals surface area contributed by atoms with Gasteiger partial charge in [-0.2, -0.15) is 0 Å². The Labute approximate surface area is 306 Å². The molecule has 52 heavy (non-hydrogen) atoms. The summed E-state index contributed by atoms with van der Waals surface area (Å²) >= 11 is 0. The Balaban J connectivity index is 0.959. The third-order valence-corrected chi connectivity index (χ3v) is 13.1. The molecule has 7 atom stereocenters. The van der Waals surface area contributed by atoms with Gasteiger partial charge in [0.05, 0.1) is 12.8 Å². The molecule has 5 rings (SSSR count). The molecule has 11 heteroatoms. The van der Waals surface area contributed by atoms with Crippen LogP contribution in [0.1, 0.15) is 122 Å². The molecular formula is C41H56N2O9. The Morgan fingerprint density at radius 3 is 2.35 bits per heavy atom. The number of nitrogens with one attached hydrogen (secondary N) is 2. The van der Waals surface area contributed by atoms with E-state index in [4.69, 9.17) is 4.74 Å². The molecule has 1 aromatic rings. The van der Waals surface area contributed by atoms with Crippen molar-refractivity contribution in [2.75, 3.05) is 19.7 Å². The van der Waals surface area contributed by atoms with Crippen molar-refractivity contribution >= 4 is 35.3 Å². The summed E-state index contributed by atoms with van der Waals surface area (Å²) in [4.78, 5) is 74.0. The fraction of sp³-hybridized carbons (Fsp3) is 0.659. The molecule has 0 aromatic heterocycles. The first-order valence-corrected chi connectivity index (χ1v) is 19.2. The highest BCUT2D eigenvalue weighted by molar-refractivity contribution is 5.92. The van der Waals surface area contributed by atoms with Crippen LogP contribution in [0.4, 0.5) is 0 Å². The standard InChI is InChI=1S/C41H56N2O9/c1-39-19-16-30(44)24-29(39)12-13-31-32(39)17-20-40(2)33(31)18-21-41(40,51)34(45)26-52-38(50)15-14-36(47)42-22-8-4-7-11-35(46)43-25-28(23-37(48)49)27-9-5-3-6-10-27/h3,5-6,9-10,24,28,31-33,51H,4,7-8,11-23,25-26H2,1-2H3,(H,42,47)(H,43,46)(H,48,49)/t28?,31-,32?,33?,39+,40+,41+/m1/s1. The van der Waals surface area contributed by atoms with Gasteiger partial charge in [0, 0.05) is 43.7 Å². The average Bonchev–Trinajstić information content (AvgIpc) is 3.41. The van der Waals surface area contributed by atoms with Crippen molar-refractivity contribution < 1.29 is 43.7 Å². The zero-order valence-corrected chi connectivity index (χ0v) is 30.8. The number of carboxylic acid groups (broad SMARTS) is 1. The molecule has 3 saturated carbocycles. The number of aliphatic carboxylic acids is 1. The van der Waals surface area contributed by atoms with Crippen molar-refractivity contribution in [1.29, 1.82) is 0 Å². The lowest BCUT2D eigenvalue weighted by atomic mass is 9.46. The average molecular weight is 721 g/mol. The summed E-state index contributed by atoms with van der Waals surface area (Å²) in [5.74, 6) is -1.60. The lowest BCUT2D eigenvalue weighted by molar-refractivity contribution is -0.170. The number of ketones is 2. The van der Waals surface area contributed by atoms with Crippen molar-refractivity contribution in [3.8, 4) is 0 Å². The summed E-state index contributed by atoms with van der Waals surface area (Å²) in [6, 6.07) is 9.24. The van der Waals surface area contributed by atoms with Crippen molar-refractivity contribution in [3.63, 3.8) is 0 Å². The molecule has 0 saturated heterocycles. The van der Waals surface area contributed by atoms with Crippen LogP contribution in [0.3, 0.4) is 0 Å². The summed E-state index contributed by atoms with van der Waals surface area (Å²) in [5.41, 5.74) is -0.0198. The highest BCUT2D eigenvalue weighted by Gasteiger charge is 2.66. The van der Waals surface area contributed by atoms with Gasteiger partial charge in [-0.1, -0.05) is 56.2 Å². The van der Waals surface area contributed by atoms with Crippen LogP contribution in [-0.2, 0) is 33.5 Å². The number of hydrogen-bond acceptors (Lipinski definition) is 8. The Morgan fingerprint density at radius 1 is 0.865 bits per heavy atom. The Morgan fingerprint density at radius 2 is 1.60 bits per heavy atom. The monoisotopic (exact) mass is 720 g/mol. The molecule has 3 unspecified atom stereocenters. The molecule has 3 fully saturated rings. The number of carbonyl (C=O) groups excluding carboxylic acids is 5. The fourth-order valence-corrected chi connectivity index (χ4v) is 10.1. The Kier molecular flexibility index (Phi) is 12.8. The fourth-order valence-electron chi connectivity index (χ4n) is 10.1. The molecule has 284 valence electrons. The number of esters is 1. The Bertz CT molecular complexity index is 1540. The number of aliphatic hydroxyl groups is 1. The second-order valence-electron chi connectivity index (χ2n) is 16.1. The molecule has 11 nitrogen and oxygen atoms in total. The van der Waals surface area contributed by atoms with Crippen molar-refractivity contribution in [3.05, 3.63) is 47.5 Å². The minimum absolute atomic E-state index is 0.00315. The maximum atomic E-state index is 13.5. The van der Waals surface area contributed by atoms with E-state index in [2.05, 4.69) is 17.6 Å². The Hall–Kier alpha value is -3.86. The maximum absolute atomic E-state index is 13.5. The molecule has 4 aliphatic rings. The topological polar surface area (TPSA) is 176 Å². The van der Waals surface area contributed by atoms with Gasteiger partial charge in [0.2, 0.25) is 17.6 Å². The van der Waals surface area contributed by atoms with Crippen molar-refractivity contribution in [2.45, 2.75) is 122 Å². The molecule has 0 bridgehead atoms. The van der Waals surface area contributed by atoms with Gasteiger partial charge in [-0.15, -0.1) is 0 Å². The number of rotatable bonds is 17. The molecule has 1 aromatic carbocycles. The molecule has 0 aliphatic heterocycles. The van der Waals surface area contributed by atoms with Crippen LogP contribution in [0, 0.1) is 28.6 Å².